The van der Waals surface area contributed by atoms with Crippen LogP contribution in [0.25, 0.3) is 0 Å². The summed E-state index contributed by atoms with van der Waals surface area (Å²) in [4.78, 5) is 12.7. The summed E-state index contributed by atoms with van der Waals surface area (Å²) in [5.74, 6) is -1.30. The van der Waals surface area contributed by atoms with Crippen molar-refractivity contribution in [2.75, 3.05) is 10.5 Å². The van der Waals surface area contributed by atoms with Crippen LogP contribution in [0.3, 0.4) is 0 Å². The fourth-order valence-corrected chi connectivity index (χ4v) is 2.47. The number of nitrogen functional groups attached to an aromatic ring is 1. The summed E-state index contributed by atoms with van der Waals surface area (Å²) in [6, 6.07) is 5.34. The van der Waals surface area contributed by atoms with Gasteiger partial charge in [-0.25, -0.2) is 12.8 Å². The van der Waals surface area contributed by atoms with Gasteiger partial charge < -0.3 is 15.8 Å². The minimum Gasteiger partial charge on any atom is -0.399 e. The first-order valence-corrected chi connectivity index (χ1v) is 6.96. The monoisotopic (exact) mass is 312 g/mol. The number of sulfonamides is 1. The molecule has 0 spiro atoms. The van der Waals surface area contributed by atoms with Crippen LogP contribution >= 0.6 is 0 Å². The van der Waals surface area contributed by atoms with Crippen molar-refractivity contribution in [3.8, 4) is 0 Å². The topological polar surface area (TPSA) is 128 Å². The Bertz CT molecular complexity index is 792. The Morgan fingerprint density at radius 2 is 2.00 bits per heavy atom. The van der Waals surface area contributed by atoms with Crippen molar-refractivity contribution in [1.29, 1.82) is 0 Å². The molecule has 110 valence electrons. The molecule has 10 heteroatoms. The predicted molar refractivity (Wildman–Crippen MR) is 72.5 cm³/mol. The Morgan fingerprint density at radius 3 is 2.57 bits per heavy atom. The molecule has 3 N–H and O–H groups in total. The van der Waals surface area contributed by atoms with Gasteiger partial charge in [0.05, 0.1) is 5.69 Å². The standard InChI is InChI=1S/C11H9FN4O4S/c12-9-3-1-7(13)5-10(9)15-21(19,20)8-2-4-11(14-6-8)16(17)18/h1-6,15H,13H2. The van der Waals surface area contributed by atoms with Crippen LogP contribution in [-0.2, 0) is 10.0 Å². The number of hydrogen-bond donors (Lipinski definition) is 2. The number of hydrogen-bond acceptors (Lipinski definition) is 6. The Hall–Kier alpha value is -2.75. The molecular weight excluding hydrogens is 303 g/mol. The summed E-state index contributed by atoms with van der Waals surface area (Å²) in [7, 11) is -4.13. The highest BCUT2D eigenvalue weighted by atomic mass is 32.2. The third-order valence-corrected chi connectivity index (χ3v) is 3.80. The van der Waals surface area contributed by atoms with Gasteiger partial charge >= 0.3 is 5.82 Å². The zero-order valence-corrected chi connectivity index (χ0v) is 11.2. The van der Waals surface area contributed by atoms with E-state index in [9.17, 15) is 22.9 Å². The van der Waals surface area contributed by atoms with Crippen molar-refractivity contribution in [3.05, 3.63) is 52.5 Å². The molecule has 0 aliphatic heterocycles. The van der Waals surface area contributed by atoms with Gasteiger partial charge in [0.2, 0.25) is 0 Å². The summed E-state index contributed by atoms with van der Waals surface area (Å²) >= 11 is 0. The number of benzene rings is 1. The van der Waals surface area contributed by atoms with E-state index in [1.54, 1.807) is 0 Å². The first-order chi connectivity index (χ1) is 9.79. The maximum atomic E-state index is 13.5. The van der Waals surface area contributed by atoms with Gasteiger partial charge in [-0.1, -0.05) is 0 Å². The van der Waals surface area contributed by atoms with E-state index >= 15 is 0 Å². The number of rotatable bonds is 4. The Kier molecular flexibility index (Phi) is 3.72. The lowest BCUT2D eigenvalue weighted by molar-refractivity contribution is -0.389. The van der Waals surface area contributed by atoms with Gasteiger partial charge in [-0.2, -0.15) is 0 Å². The average Bonchev–Trinajstić information content (AvgIpc) is 2.43. The van der Waals surface area contributed by atoms with Gasteiger partial charge in [0.15, 0.2) is 6.20 Å². The molecule has 0 aliphatic carbocycles. The van der Waals surface area contributed by atoms with E-state index in [0.29, 0.717) is 0 Å². The van der Waals surface area contributed by atoms with Crippen LogP contribution in [0.1, 0.15) is 0 Å². The maximum Gasteiger partial charge on any atom is 0.363 e. The minimum absolute atomic E-state index is 0.177. The second-order valence-electron chi connectivity index (χ2n) is 3.95. The third-order valence-electron chi connectivity index (χ3n) is 2.45. The Labute approximate surface area is 118 Å². The molecule has 0 atom stereocenters. The summed E-state index contributed by atoms with van der Waals surface area (Å²) < 4.78 is 39.5. The van der Waals surface area contributed by atoms with Crippen LogP contribution in [0.4, 0.5) is 21.6 Å². The summed E-state index contributed by atoms with van der Waals surface area (Å²) in [6.45, 7) is 0. The van der Waals surface area contributed by atoms with Gasteiger partial charge in [-0.3, -0.25) is 4.72 Å². The normalized spacial score (nSPS) is 11.1. The van der Waals surface area contributed by atoms with E-state index in [1.165, 1.54) is 6.07 Å². The number of aromatic nitrogens is 1. The maximum absolute atomic E-state index is 13.5. The van der Waals surface area contributed by atoms with E-state index in [0.717, 1.165) is 30.5 Å². The number of nitrogens with two attached hydrogens (primary N) is 1. The Morgan fingerprint density at radius 1 is 1.29 bits per heavy atom. The van der Waals surface area contributed by atoms with Crippen LogP contribution in [0.15, 0.2) is 41.4 Å². The van der Waals surface area contributed by atoms with E-state index in [2.05, 4.69) is 4.98 Å². The molecule has 0 unspecified atom stereocenters. The first-order valence-electron chi connectivity index (χ1n) is 5.48. The largest absolute Gasteiger partial charge is 0.399 e. The number of halogens is 1. The summed E-state index contributed by atoms with van der Waals surface area (Å²) in [6.07, 6.45) is 0.810. The quantitative estimate of drug-likeness (QED) is 0.500. The molecule has 8 nitrogen and oxygen atoms in total. The fraction of sp³-hybridized carbons (Fsp3) is 0. The lowest BCUT2D eigenvalue weighted by atomic mass is 10.3. The molecule has 0 saturated heterocycles. The molecule has 2 aromatic rings. The minimum atomic E-state index is -4.13. The molecule has 1 aromatic heterocycles. The third kappa shape index (κ3) is 3.23. The van der Waals surface area contributed by atoms with E-state index in [4.69, 9.17) is 5.73 Å². The molecule has 0 saturated carbocycles. The van der Waals surface area contributed by atoms with Crippen molar-refractivity contribution in [1.82, 2.24) is 4.98 Å². The predicted octanol–water partition coefficient (Wildman–Crippen LogP) is 1.51. The van der Waals surface area contributed by atoms with Gasteiger partial charge in [0.25, 0.3) is 10.0 Å². The van der Waals surface area contributed by atoms with Gasteiger partial charge in [-0.15, -0.1) is 0 Å². The molecular formula is C11H9FN4O4S. The van der Waals surface area contributed by atoms with E-state index in [-0.39, 0.29) is 16.3 Å². The van der Waals surface area contributed by atoms with Crippen LogP contribution < -0.4 is 10.5 Å². The van der Waals surface area contributed by atoms with Crippen molar-refractivity contribution < 1.29 is 17.7 Å². The second-order valence-corrected chi connectivity index (χ2v) is 5.64. The summed E-state index contributed by atoms with van der Waals surface area (Å²) in [5.41, 5.74) is 5.30. The Balaban J connectivity index is 2.34. The lowest BCUT2D eigenvalue weighted by Gasteiger charge is -2.08. The zero-order chi connectivity index (χ0) is 15.6. The van der Waals surface area contributed by atoms with Gasteiger partial charge in [-0.05, 0) is 34.2 Å². The molecule has 21 heavy (non-hydrogen) atoms. The van der Waals surface area contributed by atoms with Crippen LogP contribution in [0.5, 0.6) is 0 Å². The lowest BCUT2D eigenvalue weighted by Crippen LogP contribution is -2.14. The van der Waals surface area contributed by atoms with Crippen LogP contribution in [0.2, 0.25) is 0 Å². The fourth-order valence-electron chi connectivity index (χ4n) is 1.46. The smallest absolute Gasteiger partial charge is 0.363 e. The SMILES string of the molecule is Nc1ccc(F)c(NS(=O)(=O)c2ccc([N+](=O)[O-])nc2)c1. The number of anilines is 2. The molecule has 0 fully saturated rings. The average molecular weight is 312 g/mol. The zero-order valence-electron chi connectivity index (χ0n) is 10.4. The number of nitro groups is 1. The highest BCUT2D eigenvalue weighted by molar-refractivity contribution is 7.92. The molecule has 0 amide bonds. The van der Waals surface area contributed by atoms with Crippen molar-refractivity contribution >= 4 is 27.2 Å². The van der Waals surface area contributed by atoms with Crippen LogP contribution in [0, 0.1) is 15.9 Å². The van der Waals surface area contributed by atoms with E-state index < -0.39 is 26.6 Å². The molecule has 1 aromatic carbocycles. The number of nitrogens with zero attached hydrogens (tertiary/aromatic N) is 2. The molecule has 0 bridgehead atoms. The van der Waals surface area contributed by atoms with Gasteiger partial charge in [0.1, 0.15) is 10.7 Å². The van der Waals surface area contributed by atoms with Gasteiger partial charge in [0, 0.05) is 11.8 Å². The molecule has 0 radical (unpaired) electrons. The molecule has 0 aliphatic rings. The van der Waals surface area contributed by atoms with Crippen LogP contribution in [-0.4, -0.2) is 18.3 Å². The van der Waals surface area contributed by atoms with Crippen molar-refractivity contribution in [2.45, 2.75) is 4.90 Å². The highest BCUT2D eigenvalue weighted by Crippen LogP contribution is 2.21. The number of pyridine rings is 1. The second kappa shape index (κ2) is 5.32. The van der Waals surface area contributed by atoms with Crippen molar-refractivity contribution in [3.63, 3.8) is 0 Å². The summed E-state index contributed by atoms with van der Waals surface area (Å²) in [5, 5.41) is 10.4. The first kappa shape index (κ1) is 14.7. The van der Waals surface area contributed by atoms with E-state index in [1.807, 2.05) is 4.72 Å². The highest BCUT2D eigenvalue weighted by Gasteiger charge is 2.19. The molecule has 1 heterocycles. The number of nitrogens with one attached hydrogen (secondary N) is 1. The van der Waals surface area contributed by atoms with Crippen molar-refractivity contribution in [2.24, 2.45) is 0 Å². The molecule has 2 rings (SSSR count).